The standard InChI is InChI=1S/C12H24N2OS/c1-10(7-11-9-15-5-4-13-11)14-8-12-3-2-6-16-12/h10-14H,2-9H2,1H3. The lowest BCUT2D eigenvalue weighted by atomic mass is 10.1. The minimum absolute atomic E-state index is 0.549. The van der Waals surface area contributed by atoms with Crippen molar-refractivity contribution in [2.75, 3.05) is 32.1 Å². The van der Waals surface area contributed by atoms with Gasteiger partial charge >= 0.3 is 0 Å². The van der Waals surface area contributed by atoms with Crippen LogP contribution in [0, 0.1) is 0 Å². The fraction of sp³-hybridized carbons (Fsp3) is 1.00. The fourth-order valence-electron chi connectivity index (χ4n) is 2.42. The molecule has 2 aliphatic rings. The highest BCUT2D eigenvalue weighted by atomic mass is 32.2. The third kappa shape index (κ3) is 4.24. The second kappa shape index (κ2) is 6.84. The summed E-state index contributed by atoms with van der Waals surface area (Å²) < 4.78 is 5.47. The van der Waals surface area contributed by atoms with Crippen LogP contribution >= 0.6 is 11.8 Å². The topological polar surface area (TPSA) is 33.3 Å². The first-order valence-corrected chi connectivity index (χ1v) is 7.55. The predicted octanol–water partition coefficient (Wildman–Crippen LogP) is 1.24. The summed E-state index contributed by atoms with van der Waals surface area (Å²) in [5.74, 6) is 1.36. The lowest BCUT2D eigenvalue weighted by Crippen LogP contribution is -2.45. The van der Waals surface area contributed by atoms with Crippen molar-refractivity contribution in [1.29, 1.82) is 0 Å². The quantitative estimate of drug-likeness (QED) is 0.762. The number of nitrogens with one attached hydrogen (secondary N) is 2. The highest BCUT2D eigenvalue weighted by molar-refractivity contribution is 8.00. The summed E-state index contributed by atoms with van der Waals surface area (Å²) in [5.41, 5.74) is 0. The number of hydrogen-bond donors (Lipinski definition) is 2. The highest BCUT2D eigenvalue weighted by Gasteiger charge is 2.19. The van der Waals surface area contributed by atoms with E-state index < -0.39 is 0 Å². The Morgan fingerprint density at radius 1 is 1.56 bits per heavy atom. The Labute approximate surface area is 103 Å². The van der Waals surface area contributed by atoms with Crippen LogP contribution in [0.4, 0.5) is 0 Å². The molecule has 2 N–H and O–H groups in total. The number of thioether (sulfide) groups is 1. The Morgan fingerprint density at radius 3 is 3.19 bits per heavy atom. The summed E-state index contributed by atoms with van der Waals surface area (Å²) in [6.45, 7) is 6.23. The number of hydrogen-bond acceptors (Lipinski definition) is 4. The molecule has 0 aliphatic carbocycles. The maximum absolute atomic E-state index is 5.47. The molecule has 0 aromatic carbocycles. The summed E-state index contributed by atoms with van der Waals surface area (Å²) in [6, 6.07) is 1.15. The molecule has 3 atom stereocenters. The van der Waals surface area contributed by atoms with Crippen LogP contribution < -0.4 is 10.6 Å². The zero-order valence-electron chi connectivity index (χ0n) is 10.2. The van der Waals surface area contributed by atoms with E-state index in [0.29, 0.717) is 12.1 Å². The molecule has 2 fully saturated rings. The second-order valence-corrected chi connectivity index (χ2v) is 6.31. The second-order valence-electron chi connectivity index (χ2n) is 4.91. The van der Waals surface area contributed by atoms with Gasteiger partial charge in [-0.25, -0.2) is 0 Å². The van der Waals surface area contributed by atoms with Gasteiger partial charge < -0.3 is 15.4 Å². The maximum atomic E-state index is 5.47. The van der Waals surface area contributed by atoms with Crippen LogP contribution in [0.2, 0.25) is 0 Å². The van der Waals surface area contributed by atoms with Gasteiger partial charge in [0.2, 0.25) is 0 Å². The zero-order valence-corrected chi connectivity index (χ0v) is 11.0. The van der Waals surface area contributed by atoms with Crippen molar-refractivity contribution in [3.63, 3.8) is 0 Å². The maximum Gasteiger partial charge on any atom is 0.0620 e. The van der Waals surface area contributed by atoms with Crippen molar-refractivity contribution < 1.29 is 4.74 Å². The minimum Gasteiger partial charge on any atom is -0.379 e. The SMILES string of the molecule is CC(CC1COCCN1)NCC1CCCS1. The molecule has 0 aromatic heterocycles. The van der Waals surface area contributed by atoms with Crippen molar-refractivity contribution in [2.45, 2.75) is 43.5 Å². The molecule has 0 aromatic rings. The van der Waals surface area contributed by atoms with Crippen LogP contribution in [0.1, 0.15) is 26.2 Å². The molecule has 0 bridgehead atoms. The summed E-state index contributed by atoms with van der Waals surface area (Å²) in [5, 5.41) is 8.02. The van der Waals surface area contributed by atoms with Crippen LogP contribution in [0.5, 0.6) is 0 Å². The monoisotopic (exact) mass is 244 g/mol. The van der Waals surface area contributed by atoms with Gasteiger partial charge in [0, 0.05) is 30.4 Å². The van der Waals surface area contributed by atoms with E-state index in [0.717, 1.165) is 25.0 Å². The third-order valence-corrected chi connectivity index (χ3v) is 4.75. The first-order chi connectivity index (χ1) is 7.84. The highest BCUT2D eigenvalue weighted by Crippen LogP contribution is 2.25. The van der Waals surface area contributed by atoms with Gasteiger partial charge in [-0.3, -0.25) is 0 Å². The van der Waals surface area contributed by atoms with E-state index in [9.17, 15) is 0 Å². The third-order valence-electron chi connectivity index (χ3n) is 3.35. The van der Waals surface area contributed by atoms with Crippen LogP contribution in [-0.4, -0.2) is 49.4 Å². The molecule has 2 aliphatic heterocycles. The Hall–Kier alpha value is 0.230. The smallest absolute Gasteiger partial charge is 0.0620 e. The van der Waals surface area contributed by atoms with Crippen LogP contribution in [0.25, 0.3) is 0 Å². The van der Waals surface area contributed by atoms with E-state index in [1.54, 1.807) is 0 Å². The van der Waals surface area contributed by atoms with Gasteiger partial charge in [0.25, 0.3) is 0 Å². The number of ether oxygens (including phenoxy) is 1. The van der Waals surface area contributed by atoms with Gasteiger partial charge in [-0.05, 0) is 31.9 Å². The lowest BCUT2D eigenvalue weighted by molar-refractivity contribution is 0.0713. The molecule has 3 unspecified atom stereocenters. The van der Waals surface area contributed by atoms with E-state index in [2.05, 4.69) is 29.3 Å². The van der Waals surface area contributed by atoms with Gasteiger partial charge in [-0.1, -0.05) is 0 Å². The molecule has 94 valence electrons. The molecular weight excluding hydrogens is 220 g/mol. The largest absolute Gasteiger partial charge is 0.379 e. The van der Waals surface area contributed by atoms with Crippen LogP contribution in [0.15, 0.2) is 0 Å². The summed E-state index contributed by atoms with van der Waals surface area (Å²) in [7, 11) is 0. The molecule has 4 heteroatoms. The molecule has 0 amide bonds. The average Bonchev–Trinajstić information content (AvgIpc) is 2.81. The normalized spacial score (nSPS) is 32.8. The van der Waals surface area contributed by atoms with E-state index in [-0.39, 0.29) is 0 Å². The van der Waals surface area contributed by atoms with Gasteiger partial charge in [0.1, 0.15) is 0 Å². The molecule has 16 heavy (non-hydrogen) atoms. The van der Waals surface area contributed by atoms with Gasteiger partial charge in [-0.2, -0.15) is 11.8 Å². The molecule has 0 spiro atoms. The molecule has 2 rings (SSSR count). The molecule has 2 saturated heterocycles. The van der Waals surface area contributed by atoms with Crippen LogP contribution in [-0.2, 0) is 4.74 Å². The van der Waals surface area contributed by atoms with E-state index in [1.165, 1.54) is 31.6 Å². The van der Waals surface area contributed by atoms with Crippen LogP contribution in [0.3, 0.4) is 0 Å². The van der Waals surface area contributed by atoms with Crippen molar-refractivity contribution >= 4 is 11.8 Å². The van der Waals surface area contributed by atoms with Crippen molar-refractivity contribution in [3.8, 4) is 0 Å². The Kier molecular flexibility index (Phi) is 5.42. The molecule has 3 nitrogen and oxygen atoms in total. The first kappa shape index (κ1) is 12.7. The minimum atomic E-state index is 0.549. The Balaban J connectivity index is 1.57. The fourth-order valence-corrected chi connectivity index (χ4v) is 3.63. The number of rotatable bonds is 5. The van der Waals surface area contributed by atoms with E-state index in [1.807, 2.05) is 0 Å². The molecule has 0 radical (unpaired) electrons. The first-order valence-electron chi connectivity index (χ1n) is 6.50. The zero-order chi connectivity index (χ0) is 11.2. The summed E-state index contributed by atoms with van der Waals surface area (Å²) in [4.78, 5) is 0. The Bertz CT molecular complexity index is 191. The molecule has 0 saturated carbocycles. The predicted molar refractivity (Wildman–Crippen MR) is 70.2 cm³/mol. The lowest BCUT2D eigenvalue weighted by Gasteiger charge is -2.27. The molecule has 2 heterocycles. The van der Waals surface area contributed by atoms with Gasteiger partial charge in [-0.15, -0.1) is 0 Å². The van der Waals surface area contributed by atoms with Crippen molar-refractivity contribution in [1.82, 2.24) is 10.6 Å². The average molecular weight is 244 g/mol. The van der Waals surface area contributed by atoms with E-state index >= 15 is 0 Å². The summed E-state index contributed by atoms with van der Waals surface area (Å²) in [6.07, 6.45) is 3.98. The van der Waals surface area contributed by atoms with Gasteiger partial charge in [0.15, 0.2) is 0 Å². The van der Waals surface area contributed by atoms with Crippen molar-refractivity contribution in [2.24, 2.45) is 0 Å². The Morgan fingerprint density at radius 2 is 2.50 bits per heavy atom. The summed E-state index contributed by atoms with van der Waals surface area (Å²) >= 11 is 2.13. The number of morpholine rings is 1. The van der Waals surface area contributed by atoms with Gasteiger partial charge in [0.05, 0.1) is 13.2 Å². The molecular formula is C12H24N2OS. The van der Waals surface area contributed by atoms with Crippen molar-refractivity contribution in [3.05, 3.63) is 0 Å². The van der Waals surface area contributed by atoms with E-state index in [4.69, 9.17) is 4.74 Å².